The fourth-order valence-corrected chi connectivity index (χ4v) is 1.83. The topological polar surface area (TPSA) is 30.7 Å². The predicted octanol–water partition coefficient (Wildman–Crippen LogP) is 2.36. The second kappa shape index (κ2) is 4.57. The lowest BCUT2D eigenvalue weighted by Crippen LogP contribution is -1.93. The molecule has 2 rings (SSSR count). The second-order valence-corrected chi connectivity index (χ2v) is 4.21. The maximum Gasteiger partial charge on any atom is 0.107 e. The van der Waals surface area contributed by atoms with Crippen molar-refractivity contribution in [2.75, 3.05) is 0 Å². The van der Waals surface area contributed by atoms with Crippen LogP contribution in [0.1, 0.15) is 11.3 Å². The Bertz CT molecular complexity index is 436. The zero-order chi connectivity index (χ0) is 10.7. The van der Waals surface area contributed by atoms with E-state index in [2.05, 4.69) is 32.0 Å². The molecule has 0 aromatic carbocycles. The minimum absolute atomic E-state index is 0.938. The van der Waals surface area contributed by atoms with Gasteiger partial charge in [-0.2, -0.15) is 0 Å². The van der Waals surface area contributed by atoms with E-state index >= 15 is 0 Å². The number of hydrogen-bond acceptors (Lipinski definition) is 2. The number of hydrogen-bond donors (Lipinski definition) is 0. The first-order valence-electron chi connectivity index (χ1n) is 4.82. The fourth-order valence-electron chi connectivity index (χ4n) is 1.44. The van der Waals surface area contributed by atoms with Crippen molar-refractivity contribution in [1.29, 1.82) is 0 Å². The van der Waals surface area contributed by atoms with Crippen molar-refractivity contribution in [2.24, 2.45) is 7.05 Å². The van der Waals surface area contributed by atoms with E-state index in [1.54, 1.807) is 6.20 Å². The monoisotopic (exact) mass is 265 g/mol. The van der Waals surface area contributed by atoms with E-state index in [1.165, 1.54) is 5.56 Å². The molecule has 2 heterocycles. The quantitative estimate of drug-likeness (QED) is 0.853. The molecule has 0 saturated heterocycles. The first kappa shape index (κ1) is 10.4. The molecule has 78 valence electrons. The van der Waals surface area contributed by atoms with Gasteiger partial charge in [-0.05, 0) is 40.4 Å². The van der Waals surface area contributed by atoms with Gasteiger partial charge in [0.25, 0.3) is 0 Å². The Balaban J connectivity index is 2.02. The largest absolute Gasteiger partial charge is 0.328 e. The van der Waals surface area contributed by atoms with Gasteiger partial charge in [0.15, 0.2) is 0 Å². The van der Waals surface area contributed by atoms with Crippen LogP contribution in [0.4, 0.5) is 0 Å². The molecule has 15 heavy (non-hydrogen) atoms. The van der Waals surface area contributed by atoms with Crippen LogP contribution in [0.3, 0.4) is 0 Å². The summed E-state index contributed by atoms with van der Waals surface area (Å²) in [6.45, 7) is 0. The number of aryl methyl sites for hydroxylation is 3. The average molecular weight is 266 g/mol. The summed E-state index contributed by atoms with van der Waals surface area (Å²) in [6, 6.07) is 4.05. The third kappa shape index (κ3) is 2.45. The predicted molar refractivity (Wildman–Crippen MR) is 62.6 cm³/mol. The number of aromatic nitrogens is 3. The van der Waals surface area contributed by atoms with Crippen molar-refractivity contribution in [3.63, 3.8) is 0 Å². The maximum absolute atomic E-state index is 4.33. The third-order valence-electron chi connectivity index (χ3n) is 2.31. The van der Waals surface area contributed by atoms with Crippen LogP contribution in [0.5, 0.6) is 0 Å². The lowest BCUT2D eigenvalue weighted by molar-refractivity contribution is 0.875. The number of nitrogens with zero attached hydrogens (tertiary/aromatic N) is 3. The SMILES string of the molecule is Cn1cnc(CCc2cccnc2)c1Br. The molecule has 3 nitrogen and oxygen atoms in total. The van der Waals surface area contributed by atoms with E-state index in [0.717, 1.165) is 23.1 Å². The van der Waals surface area contributed by atoms with E-state index < -0.39 is 0 Å². The van der Waals surface area contributed by atoms with E-state index in [9.17, 15) is 0 Å². The highest BCUT2D eigenvalue weighted by Crippen LogP contribution is 2.15. The summed E-state index contributed by atoms with van der Waals surface area (Å²) >= 11 is 3.51. The highest BCUT2D eigenvalue weighted by atomic mass is 79.9. The average Bonchev–Trinajstić information content (AvgIpc) is 2.59. The van der Waals surface area contributed by atoms with E-state index in [-0.39, 0.29) is 0 Å². The van der Waals surface area contributed by atoms with Gasteiger partial charge in [0.1, 0.15) is 4.60 Å². The van der Waals surface area contributed by atoms with Gasteiger partial charge in [0, 0.05) is 19.4 Å². The van der Waals surface area contributed by atoms with Crippen molar-refractivity contribution >= 4 is 15.9 Å². The second-order valence-electron chi connectivity index (χ2n) is 3.45. The van der Waals surface area contributed by atoms with Crippen LogP contribution in [0.25, 0.3) is 0 Å². The summed E-state index contributed by atoms with van der Waals surface area (Å²) in [5.74, 6) is 0. The van der Waals surface area contributed by atoms with Crippen LogP contribution in [0.2, 0.25) is 0 Å². The normalized spacial score (nSPS) is 10.5. The number of imidazole rings is 1. The highest BCUT2D eigenvalue weighted by molar-refractivity contribution is 9.10. The lowest BCUT2D eigenvalue weighted by Gasteiger charge is -1.99. The van der Waals surface area contributed by atoms with Crippen LogP contribution in [0, 0.1) is 0 Å². The molecule has 0 radical (unpaired) electrons. The van der Waals surface area contributed by atoms with Crippen molar-refractivity contribution in [3.8, 4) is 0 Å². The Kier molecular flexibility index (Phi) is 3.16. The molecular weight excluding hydrogens is 254 g/mol. The van der Waals surface area contributed by atoms with Crippen LogP contribution < -0.4 is 0 Å². The van der Waals surface area contributed by atoms with Gasteiger partial charge in [-0.15, -0.1) is 0 Å². The molecular formula is C11H12BrN3. The van der Waals surface area contributed by atoms with Crippen molar-refractivity contribution < 1.29 is 0 Å². The number of halogens is 1. The molecule has 0 unspecified atom stereocenters. The summed E-state index contributed by atoms with van der Waals surface area (Å²) in [6.07, 6.45) is 7.43. The molecule has 2 aromatic heterocycles. The Morgan fingerprint density at radius 1 is 1.40 bits per heavy atom. The van der Waals surface area contributed by atoms with Crippen molar-refractivity contribution in [2.45, 2.75) is 12.8 Å². The van der Waals surface area contributed by atoms with Crippen LogP contribution in [-0.4, -0.2) is 14.5 Å². The van der Waals surface area contributed by atoms with Gasteiger partial charge in [0.05, 0.1) is 12.0 Å². The Labute approximate surface area is 97.3 Å². The molecule has 0 atom stereocenters. The van der Waals surface area contributed by atoms with Gasteiger partial charge in [-0.3, -0.25) is 4.98 Å². The summed E-state index contributed by atoms with van der Waals surface area (Å²) in [4.78, 5) is 8.41. The standard InChI is InChI=1S/C11H12BrN3/c1-15-8-14-10(11(15)12)5-4-9-3-2-6-13-7-9/h2-3,6-8H,4-5H2,1H3. The van der Waals surface area contributed by atoms with E-state index in [0.29, 0.717) is 0 Å². The molecule has 0 aliphatic heterocycles. The van der Waals surface area contributed by atoms with Crippen molar-refractivity contribution in [3.05, 3.63) is 46.7 Å². The van der Waals surface area contributed by atoms with E-state index in [1.807, 2.05) is 30.2 Å². The van der Waals surface area contributed by atoms with Crippen LogP contribution in [-0.2, 0) is 19.9 Å². The summed E-state index contributed by atoms with van der Waals surface area (Å²) in [5, 5.41) is 0. The molecule has 0 spiro atoms. The summed E-state index contributed by atoms with van der Waals surface area (Å²) in [5.41, 5.74) is 2.34. The Morgan fingerprint density at radius 3 is 2.87 bits per heavy atom. The molecule has 4 heteroatoms. The Morgan fingerprint density at radius 2 is 2.27 bits per heavy atom. The molecule has 0 aliphatic rings. The number of rotatable bonds is 3. The van der Waals surface area contributed by atoms with Crippen LogP contribution in [0.15, 0.2) is 35.5 Å². The van der Waals surface area contributed by atoms with Gasteiger partial charge >= 0.3 is 0 Å². The molecule has 2 aromatic rings. The summed E-state index contributed by atoms with van der Waals surface area (Å²) in [7, 11) is 1.98. The zero-order valence-corrected chi connectivity index (χ0v) is 10.1. The number of pyridine rings is 1. The minimum atomic E-state index is 0.938. The van der Waals surface area contributed by atoms with Gasteiger partial charge in [-0.25, -0.2) is 4.98 Å². The molecule has 0 N–H and O–H groups in total. The first-order valence-corrected chi connectivity index (χ1v) is 5.61. The highest BCUT2D eigenvalue weighted by Gasteiger charge is 2.05. The smallest absolute Gasteiger partial charge is 0.107 e. The molecule has 0 fully saturated rings. The molecule has 0 aliphatic carbocycles. The molecule has 0 bridgehead atoms. The summed E-state index contributed by atoms with van der Waals surface area (Å²) < 4.78 is 3.03. The zero-order valence-electron chi connectivity index (χ0n) is 8.52. The minimum Gasteiger partial charge on any atom is -0.328 e. The molecule has 0 saturated carbocycles. The first-order chi connectivity index (χ1) is 7.27. The van der Waals surface area contributed by atoms with Crippen LogP contribution >= 0.6 is 15.9 Å². The van der Waals surface area contributed by atoms with Crippen molar-refractivity contribution in [1.82, 2.24) is 14.5 Å². The van der Waals surface area contributed by atoms with Gasteiger partial charge in [-0.1, -0.05) is 6.07 Å². The fraction of sp³-hybridized carbons (Fsp3) is 0.273. The lowest BCUT2D eigenvalue weighted by atomic mass is 10.1. The molecule has 0 amide bonds. The van der Waals surface area contributed by atoms with E-state index in [4.69, 9.17) is 0 Å². The third-order valence-corrected chi connectivity index (χ3v) is 3.32. The Hall–Kier alpha value is -1.16. The maximum atomic E-state index is 4.33. The van der Waals surface area contributed by atoms with Gasteiger partial charge < -0.3 is 4.57 Å². The van der Waals surface area contributed by atoms with Gasteiger partial charge in [0.2, 0.25) is 0 Å².